The molecule has 3 aromatic rings. The van der Waals surface area contributed by atoms with Crippen LogP contribution in [0.2, 0.25) is 0 Å². The average Bonchev–Trinajstić information content (AvgIpc) is 3.34. The lowest BCUT2D eigenvalue weighted by molar-refractivity contribution is -0.113. The summed E-state index contributed by atoms with van der Waals surface area (Å²) in [5.74, 6) is 2.82. The quantitative estimate of drug-likeness (QED) is 0.551. The molecule has 0 saturated heterocycles. The van der Waals surface area contributed by atoms with E-state index in [4.69, 9.17) is 9.47 Å². The first kappa shape index (κ1) is 20.3. The molecule has 4 rings (SSSR count). The van der Waals surface area contributed by atoms with E-state index in [1.165, 1.54) is 17.3 Å². The number of carbonyl (C=O) groups excluding carboxylic acids is 1. The van der Waals surface area contributed by atoms with Gasteiger partial charge in [-0.05, 0) is 23.6 Å². The van der Waals surface area contributed by atoms with Crippen LogP contribution in [0.3, 0.4) is 0 Å². The molecule has 0 spiro atoms. The summed E-state index contributed by atoms with van der Waals surface area (Å²) in [6.45, 7) is 5.33. The molecule has 8 heteroatoms. The Labute approximate surface area is 179 Å². The molecule has 0 aliphatic carbocycles. The Morgan fingerprint density at radius 3 is 2.73 bits per heavy atom. The third kappa shape index (κ3) is 4.94. The summed E-state index contributed by atoms with van der Waals surface area (Å²) in [4.78, 5) is 12.5. The van der Waals surface area contributed by atoms with Gasteiger partial charge >= 0.3 is 0 Å². The normalized spacial score (nSPS) is 12.4. The molecular weight excluding hydrogens is 400 g/mol. The Hall–Kier alpha value is -3.00. The fraction of sp³-hybridized carbons (Fsp3) is 0.318. The number of nitrogens with one attached hydrogen (secondary N) is 1. The number of ether oxygens (including phenoxy) is 2. The molecular formula is C22H24N4O3S. The molecule has 7 nitrogen and oxygen atoms in total. The van der Waals surface area contributed by atoms with Crippen LogP contribution in [0.25, 0.3) is 0 Å². The van der Waals surface area contributed by atoms with Crippen LogP contribution in [0.4, 0.5) is 5.69 Å². The van der Waals surface area contributed by atoms with E-state index in [9.17, 15) is 4.79 Å². The third-order valence-electron chi connectivity index (χ3n) is 4.53. The fourth-order valence-electron chi connectivity index (χ4n) is 3.18. The van der Waals surface area contributed by atoms with Crippen LogP contribution in [0.5, 0.6) is 11.5 Å². The molecule has 0 fully saturated rings. The summed E-state index contributed by atoms with van der Waals surface area (Å²) < 4.78 is 12.8. The van der Waals surface area contributed by atoms with E-state index >= 15 is 0 Å². The summed E-state index contributed by atoms with van der Waals surface area (Å²) in [5.41, 5.74) is 1.87. The van der Waals surface area contributed by atoms with Gasteiger partial charge in [0.1, 0.15) is 5.82 Å². The first-order chi connectivity index (χ1) is 14.6. The Kier molecular flexibility index (Phi) is 6.23. The maximum absolute atomic E-state index is 12.5. The number of nitrogens with zero attached hydrogens (tertiary/aromatic N) is 3. The van der Waals surface area contributed by atoms with Crippen LogP contribution < -0.4 is 14.8 Å². The molecule has 1 N–H and O–H groups in total. The van der Waals surface area contributed by atoms with Gasteiger partial charge in [-0.15, -0.1) is 10.2 Å². The zero-order valence-corrected chi connectivity index (χ0v) is 17.8. The van der Waals surface area contributed by atoms with E-state index in [0.29, 0.717) is 29.5 Å². The highest BCUT2D eigenvalue weighted by Gasteiger charge is 2.17. The lowest BCUT2D eigenvalue weighted by Crippen LogP contribution is -2.15. The summed E-state index contributed by atoms with van der Waals surface area (Å²) in [5, 5.41) is 12.4. The molecule has 0 saturated carbocycles. The van der Waals surface area contributed by atoms with Crippen molar-refractivity contribution in [2.24, 2.45) is 5.92 Å². The van der Waals surface area contributed by atoms with E-state index < -0.39 is 0 Å². The molecule has 2 heterocycles. The van der Waals surface area contributed by atoms with Crippen molar-refractivity contribution in [1.82, 2.24) is 14.8 Å². The monoisotopic (exact) mass is 424 g/mol. The van der Waals surface area contributed by atoms with Gasteiger partial charge in [-0.3, -0.25) is 4.79 Å². The molecule has 30 heavy (non-hydrogen) atoms. The number of hydrogen-bond acceptors (Lipinski definition) is 6. The highest BCUT2D eigenvalue weighted by atomic mass is 32.2. The fourth-order valence-corrected chi connectivity index (χ4v) is 3.95. The van der Waals surface area contributed by atoms with Crippen molar-refractivity contribution in [3.8, 4) is 11.5 Å². The van der Waals surface area contributed by atoms with Gasteiger partial charge in [0.15, 0.2) is 16.7 Å². The van der Waals surface area contributed by atoms with Gasteiger partial charge in [-0.25, -0.2) is 0 Å². The molecule has 0 bridgehead atoms. The number of rotatable bonds is 8. The van der Waals surface area contributed by atoms with E-state index in [0.717, 1.165) is 17.5 Å². The van der Waals surface area contributed by atoms with Gasteiger partial charge < -0.3 is 19.4 Å². The van der Waals surface area contributed by atoms with Crippen LogP contribution in [-0.4, -0.2) is 33.2 Å². The predicted octanol–water partition coefficient (Wildman–Crippen LogP) is 3.98. The number of amides is 1. The van der Waals surface area contributed by atoms with Gasteiger partial charge in [-0.2, -0.15) is 0 Å². The Balaban J connectivity index is 1.41. The number of carbonyl (C=O) groups is 1. The largest absolute Gasteiger partial charge is 0.454 e. The second-order valence-corrected chi connectivity index (χ2v) is 8.41. The van der Waals surface area contributed by atoms with Gasteiger partial charge in [0.25, 0.3) is 0 Å². The number of benzene rings is 2. The second-order valence-electron chi connectivity index (χ2n) is 7.47. The Morgan fingerprint density at radius 1 is 1.13 bits per heavy atom. The first-order valence-electron chi connectivity index (χ1n) is 9.87. The molecule has 1 amide bonds. The molecule has 1 aromatic heterocycles. The minimum Gasteiger partial charge on any atom is -0.454 e. The maximum atomic E-state index is 12.5. The topological polar surface area (TPSA) is 78.3 Å². The van der Waals surface area contributed by atoms with Crippen LogP contribution >= 0.6 is 11.8 Å². The smallest absolute Gasteiger partial charge is 0.234 e. The summed E-state index contributed by atoms with van der Waals surface area (Å²) in [6, 6.07) is 15.6. The van der Waals surface area contributed by atoms with Crippen LogP contribution in [-0.2, 0) is 17.8 Å². The minimum atomic E-state index is -0.109. The zero-order valence-electron chi connectivity index (χ0n) is 17.0. The van der Waals surface area contributed by atoms with Gasteiger partial charge in [0, 0.05) is 24.7 Å². The number of thioether (sulfide) groups is 1. The number of fused-ring (bicyclic) bond motifs is 1. The van der Waals surface area contributed by atoms with Gasteiger partial charge in [-0.1, -0.05) is 55.9 Å². The van der Waals surface area contributed by atoms with E-state index in [-0.39, 0.29) is 18.5 Å². The standard InChI is InChI=1S/C22H24N4O3S/c1-15(2)12-26-20(10-16-6-4-3-5-7-16)24-25-22(26)30-13-21(27)23-17-8-9-18-19(11-17)29-14-28-18/h3-9,11,15H,10,12-14H2,1-2H3,(H,23,27). The second kappa shape index (κ2) is 9.21. The van der Waals surface area contributed by atoms with Crippen LogP contribution in [0, 0.1) is 5.92 Å². The predicted molar refractivity (Wildman–Crippen MR) is 116 cm³/mol. The summed E-state index contributed by atoms with van der Waals surface area (Å²) in [7, 11) is 0. The molecule has 0 unspecified atom stereocenters. The van der Waals surface area contributed by atoms with Crippen molar-refractivity contribution < 1.29 is 14.3 Å². The molecule has 0 atom stereocenters. The number of aromatic nitrogens is 3. The lowest BCUT2D eigenvalue weighted by atomic mass is 10.1. The van der Waals surface area contributed by atoms with Crippen molar-refractivity contribution in [1.29, 1.82) is 0 Å². The summed E-state index contributed by atoms with van der Waals surface area (Å²) in [6.07, 6.45) is 0.713. The van der Waals surface area contributed by atoms with E-state index in [1.807, 2.05) is 18.2 Å². The van der Waals surface area contributed by atoms with Crippen molar-refractivity contribution in [3.05, 3.63) is 59.9 Å². The van der Waals surface area contributed by atoms with E-state index in [1.54, 1.807) is 18.2 Å². The highest BCUT2D eigenvalue weighted by molar-refractivity contribution is 7.99. The number of anilines is 1. The van der Waals surface area contributed by atoms with Crippen LogP contribution in [0.15, 0.2) is 53.7 Å². The van der Waals surface area contributed by atoms with Gasteiger partial charge in [0.05, 0.1) is 5.75 Å². The average molecular weight is 425 g/mol. The number of hydrogen-bond donors (Lipinski definition) is 1. The molecule has 156 valence electrons. The van der Waals surface area contributed by atoms with Crippen molar-refractivity contribution in [2.75, 3.05) is 17.9 Å². The SMILES string of the molecule is CC(C)Cn1c(Cc2ccccc2)nnc1SCC(=O)Nc1ccc2c(c1)OCO2. The van der Waals surface area contributed by atoms with Crippen LogP contribution in [0.1, 0.15) is 25.2 Å². The molecule has 2 aromatic carbocycles. The zero-order chi connectivity index (χ0) is 20.9. The van der Waals surface area contributed by atoms with Crippen molar-refractivity contribution >= 4 is 23.4 Å². The molecule has 1 aliphatic rings. The van der Waals surface area contributed by atoms with Crippen molar-refractivity contribution in [3.63, 3.8) is 0 Å². The summed E-state index contributed by atoms with van der Waals surface area (Å²) >= 11 is 1.39. The molecule has 1 aliphatic heterocycles. The first-order valence-corrected chi connectivity index (χ1v) is 10.9. The Bertz CT molecular complexity index is 1020. The Morgan fingerprint density at radius 2 is 1.93 bits per heavy atom. The maximum Gasteiger partial charge on any atom is 0.234 e. The third-order valence-corrected chi connectivity index (χ3v) is 5.50. The van der Waals surface area contributed by atoms with Crippen molar-refractivity contribution in [2.45, 2.75) is 32.0 Å². The highest BCUT2D eigenvalue weighted by Crippen LogP contribution is 2.34. The van der Waals surface area contributed by atoms with E-state index in [2.05, 4.69) is 46.1 Å². The minimum absolute atomic E-state index is 0.109. The molecule has 0 radical (unpaired) electrons. The lowest BCUT2D eigenvalue weighted by Gasteiger charge is -2.12. The van der Waals surface area contributed by atoms with Gasteiger partial charge in [0.2, 0.25) is 12.7 Å².